The fourth-order valence-corrected chi connectivity index (χ4v) is 3.97. The van der Waals surface area contributed by atoms with E-state index >= 15 is 0 Å². The van der Waals surface area contributed by atoms with Gasteiger partial charge in [0.05, 0.1) is 18.5 Å². The van der Waals surface area contributed by atoms with Crippen LogP contribution in [0.5, 0.6) is 0 Å². The Balaban J connectivity index is 1.72. The number of thioether (sulfide) groups is 1. The lowest BCUT2D eigenvalue weighted by Gasteiger charge is -2.17. The molecule has 1 saturated heterocycles. The number of anilines is 1. The van der Waals surface area contributed by atoms with Crippen molar-refractivity contribution in [3.05, 3.63) is 35.7 Å². The molecule has 0 aromatic heterocycles. The first-order valence-corrected chi connectivity index (χ1v) is 10.7. The number of cyclic esters (lactones) is 1. The maximum Gasteiger partial charge on any atom is 0.414 e. The second-order valence-corrected chi connectivity index (χ2v) is 8.62. The average Bonchev–Trinajstić information content (AvgIpc) is 2.94. The zero-order valence-electron chi connectivity index (χ0n) is 13.6. The number of hydrogen-bond donors (Lipinski definition) is 0. The van der Waals surface area contributed by atoms with Gasteiger partial charge in [0, 0.05) is 11.3 Å². The molecule has 1 fully saturated rings. The van der Waals surface area contributed by atoms with Crippen molar-refractivity contribution in [3.8, 4) is 0 Å². The third kappa shape index (κ3) is 4.53. The first-order valence-electron chi connectivity index (χ1n) is 7.73. The minimum atomic E-state index is -3.61. The summed E-state index contributed by atoms with van der Waals surface area (Å²) in [6, 6.07) is 4.64. The van der Waals surface area contributed by atoms with E-state index < -0.39 is 22.3 Å². The Morgan fingerprint density at radius 2 is 2.24 bits per heavy atom. The molecule has 1 aromatic carbocycles. The Kier molecular flexibility index (Phi) is 5.35. The van der Waals surface area contributed by atoms with Crippen LogP contribution in [0.2, 0.25) is 0 Å². The zero-order chi connectivity index (χ0) is 18.0. The van der Waals surface area contributed by atoms with Crippen molar-refractivity contribution >= 4 is 39.2 Å². The summed E-state index contributed by atoms with van der Waals surface area (Å²) in [5, 5.41) is 0. The Bertz CT molecular complexity index is 809. The molecule has 25 heavy (non-hydrogen) atoms. The Morgan fingerprint density at radius 3 is 2.88 bits per heavy atom. The van der Waals surface area contributed by atoms with Crippen molar-refractivity contribution in [1.82, 2.24) is 0 Å². The van der Waals surface area contributed by atoms with Crippen molar-refractivity contribution in [2.75, 3.05) is 35.8 Å². The molecule has 0 bridgehead atoms. The maximum absolute atomic E-state index is 14.5. The van der Waals surface area contributed by atoms with Gasteiger partial charge in [-0.05, 0) is 35.9 Å². The molecule has 1 atom stereocenters. The lowest BCUT2D eigenvalue weighted by Crippen LogP contribution is -2.26. The minimum Gasteiger partial charge on any atom is -0.441 e. The predicted octanol–water partition coefficient (Wildman–Crippen LogP) is 2.65. The van der Waals surface area contributed by atoms with Crippen LogP contribution in [0.4, 0.5) is 14.9 Å². The monoisotopic (exact) mass is 387 g/mol. The van der Waals surface area contributed by atoms with Crippen LogP contribution in [-0.2, 0) is 19.0 Å². The summed E-state index contributed by atoms with van der Waals surface area (Å²) in [6.45, 7) is -0.154. The van der Waals surface area contributed by atoms with Crippen molar-refractivity contribution in [2.24, 2.45) is 0 Å². The van der Waals surface area contributed by atoms with Gasteiger partial charge in [0.2, 0.25) is 0 Å². The van der Waals surface area contributed by atoms with Crippen LogP contribution in [0.1, 0.15) is 12.0 Å². The van der Waals surface area contributed by atoms with Gasteiger partial charge in [-0.2, -0.15) is 20.2 Å². The van der Waals surface area contributed by atoms with Crippen molar-refractivity contribution in [3.63, 3.8) is 0 Å². The number of nitrogens with zero attached hydrogens (tertiary/aromatic N) is 1. The number of hydrogen-bond acceptors (Lipinski definition) is 6. The van der Waals surface area contributed by atoms with Crippen LogP contribution >= 0.6 is 11.8 Å². The molecule has 6 nitrogen and oxygen atoms in total. The molecular formula is C16H18FNO5S2. The van der Waals surface area contributed by atoms with E-state index in [4.69, 9.17) is 4.74 Å². The molecule has 0 aliphatic carbocycles. The summed E-state index contributed by atoms with van der Waals surface area (Å²) in [5.41, 5.74) is 1.90. The number of rotatable bonds is 5. The highest BCUT2D eigenvalue weighted by Gasteiger charge is 2.33. The minimum absolute atomic E-state index is 0.104. The summed E-state index contributed by atoms with van der Waals surface area (Å²) in [7, 11) is -3.61. The average molecular weight is 387 g/mol. The van der Waals surface area contributed by atoms with E-state index in [1.54, 1.807) is 23.9 Å². The quantitative estimate of drug-likeness (QED) is 0.724. The van der Waals surface area contributed by atoms with Gasteiger partial charge in [-0.15, -0.1) is 0 Å². The van der Waals surface area contributed by atoms with Gasteiger partial charge < -0.3 is 4.74 Å². The first kappa shape index (κ1) is 18.2. The lowest BCUT2D eigenvalue weighted by molar-refractivity contribution is 0.107. The van der Waals surface area contributed by atoms with Crippen LogP contribution in [0.25, 0.3) is 5.57 Å². The molecule has 0 saturated carbocycles. The number of amides is 1. The highest BCUT2D eigenvalue weighted by Crippen LogP contribution is 2.31. The van der Waals surface area contributed by atoms with Gasteiger partial charge in [0.1, 0.15) is 18.5 Å². The van der Waals surface area contributed by atoms with E-state index in [0.29, 0.717) is 11.3 Å². The standard InChI is InChI=1S/C16H18FNO5S2/c1-25(20,21)22-10-13-9-18(16(19)23-13)12-2-3-14(15(17)8-12)11-4-6-24-7-5-11/h2-4,8,13H,5-7,9-10H2,1H3/t13-/m1/s1. The first-order chi connectivity index (χ1) is 11.8. The molecule has 1 amide bonds. The predicted molar refractivity (Wildman–Crippen MR) is 94.7 cm³/mol. The summed E-state index contributed by atoms with van der Waals surface area (Å²) in [4.78, 5) is 13.2. The van der Waals surface area contributed by atoms with Gasteiger partial charge in [-0.1, -0.05) is 6.08 Å². The summed E-state index contributed by atoms with van der Waals surface area (Å²) < 4.78 is 46.3. The second-order valence-electron chi connectivity index (χ2n) is 5.82. The van der Waals surface area contributed by atoms with Crippen LogP contribution in [0.15, 0.2) is 24.3 Å². The van der Waals surface area contributed by atoms with E-state index in [0.717, 1.165) is 29.8 Å². The van der Waals surface area contributed by atoms with Crippen LogP contribution < -0.4 is 4.90 Å². The maximum atomic E-state index is 14.5. The fraction of sp³-hybridized carbons (Fsp3) is 0.438. The molecule has 3 rings (SSSR count). The zero-order valence-corrected chi connectivity index (χ0v) is 15.2. The molecule has 0 spiro atoms. The number of benzene rings is 1. The number of carbonyl (C=O) groups is 1. The lowest BCUT2D eigenvalue weighted by atomic mass is 10.0. The number of halogens is 1. The van der Waals surface area contributed by atoms with Crippen molar-refractivity contribution in [1.29, 1.82) is 0 Å². The topological polar surface area (TPSA) is 72.9 Å². The van der Waals surface area contributed by atoms with Gasteiger partial charge in [0.25, 0.3) is 10.1 Å². The number of allylic oxidation sites excluding steroid dienone is 1. The van der Waals surface area contributed by atoms with Crippen molar-refractivity contribution in [2.45, 2.75) is 12.5 Å². The van der Waals surface area contributed by atoms with Gasteiger partial charge in [0.15, 0.2) is 0 Å². The van der Waals surface area contributed by atoms with Gasteiger partial charge in [-0.3, -0.25) is 9.08 Å². The summed E-state index contributed by atoms with van der Waals surface area (Å²) in [6.07, 6.45) is 2.39. The van der Waals surface area contributed by atoms with Gasteiger partial charge in [-0.25, -0.2) is 9.18 Å². The highest BCUT2D eigenvalue weighted by molar-refractivity contribution is 7.99. The Morgan fingerprint density at radius 1 is 1.44 bits per heavy atom. The number of carbonyl (C=O) groups excluding carboxylic acids is 1. The molecule has 0 radical (unpaired) electrons. The molecule has 1 aromatic rings. The molecule has 0 N–H and O–H groups in total. The second kappa shape index (κ2) is 7.35. The van der Waals surface area contributed by atoms with E-state index in [2.05, 4.69) is 4.18 Å². The smallest absolute Gasteiger partial charge is 0.414 e. The van der Waals surface area contributed by atoms with Crippen LogP contribution in [-0.4, -0.2) is 51.5 Å². The Hall–Kier alpha value is -1.58. The molecule has 136 valence electrons. The van der Waals surface area contributed by atoms with Crippen LogP contribution in [0.3, 0.4) is 0 Å². The molecule has 2 aliphatic heterocycles. The van der Waals surface area contributed by atoms with E-state index in [-0.39, 0.29) is 19.0 Å². The third-order valence-electron chi connectivity index (χ3n) is 3.92. The molecule has 2 heterocycles. The normalized spacial score (nSPS) is 21.2. The highest BCUT2D eigenvalue weighted by atomic mass is 32.2. The van der Waals surface area contributed by atoms with E-state index in [1.807, 2.05) is 6.08 Å². The summed E-state index contributed by atoms with van der Waals surface area (Å²) in [5.74, 6) is 1.45. The molecule has 9 heteroatoms. The SMILES string of the molecule is CS(=O)(=O)OC[C@H]1CN(c2ccc(C3=CCSCC3)c(F)c2)C(=O)O1. The largest absolute Gasteiger partial charge is 0.441 e. The fourth-order valence-electron chi connectivity index (χ4n) is 2.72. The molecule has 2 aliphatic rings. The molecular weight excluding hydrogens is 369 g/mol. The molecule has 0 unspecified atom stereocenters. The van der Waals surface area contributed by atoms with E-state index in [1.165, 1.54) is 11.0 Å². The Labute approximate surface area is 150 Å². The summed E-state index contributed by atoms with van der Waals surface area (Å²) >= 11 is 1.81. The third-order valence-corrected chi connectivity index (χ3v) is 5.38. The van der Waals surface area contributed by atoms with Crippen molar-refractivity contribution < 1.29 is 26.5 Å². The van der Waals surface area contributed by atoms with Crippen LogP contribution in [0, 0.1) is 5.82 Å². The van der Waals surface area contributed by atoms with Gasteiger partial charge >= 0.3 is 6.09 Å². The van der Waals surface area contributed by atoms with E-state index in [9.17, 15) is 17.6 Å². The number of ether oxygens (including phenoxy) is 1.